The van der Waals surface area contributed by atoms with Crippen molar-refractivity contribution in [2.45, 2.75) is 75.2 Å². The molecule has 6 rings (SSSR count). The molecule has 1 N–H and O–H groups in total. The van der Waals surface area contributed by atoms with E-state index in [9.17, 15) is 31.9 Å². The molecule has 2 fully saturated rings. The van der Waals surface area contributed by atoms with Gasteiger partial charge in [-0.25, -0.2) is 8.78 Å². The molecule has 12 heteroatoms. The van der Waals surface area contributed by atoms with Crippen molar-refractivity contribution in [1.29, 1.82) is 0 Å². The third kappa shape index (κ3) is 5.30. The average Bonchev–Trinajstić information content (AvgIpc) is 3.43. The van der Waals surface area contributed by atoms with Crippen LogP contribution in [0.2, 0.25) is 0 Å². The van der Waals surface area contributed by atoms with Gasteiger partial charge in [-0.3, -0.25) is 9.69 Å². The molecular weight excluding hydrogens is 557 g/mol. The zero-order valence-electron chi connectivity index (χ0n) is 23.4. The summed E-state index contributed by atoms with van der Waals surface area (Å²) in [5.74, 6) is -2.88. The largest absolute Gasteiger partial charge is 0.416 e. The molecule has 0 bridgehead atoms. The zero-order chi connectivity index (χ0) is 30.1. The number of nitrogens with zero attached hydrogens (tertiary/aromatic N) is 5. The van der Waals surface area contributed by atoms with E-state index in [1.54, 1.807) is 42.8 Å². The summed E-state index contributed by atoms with van der Waals surface area (Å²) in [6.07, 6.45) is -2.45. The van der Waals surface area contributed by atoms with Gasteiger partial charge in [0.05, 0.1) is 17.7 Å². The van der Waals surface area contributed by atoms with E-state index in [1.165, 1.54) is 17.3 Å². The molecule has 1 atom stereocenters. The molecule has 3 heterocycles. The monoisotopic (exact) mass is 589 g/mol. The summed E-state index contributed by atoms with van der Waals surface area (Å²) in [4.78, 5) is 16.8. The highest BCUT2D eigenvalue weighted by atomic mass is 19.4. The molecule has 0 radical (unpaired) electrons. The van der Waals surface area contributed by atoms with Gasteiger partial charge in [0, 0.05) is 56.1 Å². The van der Waals surface area contributed by atoms with Crippen LogP contribution in [-0.4, -0.2) is 55.3 Å². The van der Waals surface area contributed by atoms with Crippen LogP contribution in [0.1, 0.15) is 71.0 Å². The molecular formula is C30H32F5N5O2. The van der Waals surface area contributed by atoms with Crippen molar-refractivity contribution in [3.63, 3.8) is 0 Å². The summed E-state index contributed by atoms with van der Waals surface area (Å²) in [6.45, 7) is 2.57. The molecule has 2 aliphatic heterocycles. The molecule has 3 aromatic rings. The van der Waals surface area contributed by atoms with Gasteiger partial charge in [-0.15, -0.1) is 10.2 Å². The molecule has 2 aromatic carbocycles. The fourth-order valence-corrected chi connectivity index (χ4v) is 6.88. The normalized spacial score (nSPS) is 23.6. The second-order valence-corrected chi connectivity index (χ2v) is 12.4. The van der Waals surface area contributed by atoms with Crippen LogP contribution < -0.4 is 4.90 Å². The topological polar surface area (TPSA) is 74.5 Å². The van der Waals surface area contributed by atoms with E-state index in [4.69, 9.17) is 0 Å². The van der Waals surface area contributed by atoms with E-state index in [1.807, 2.05) is 4.90 Å². The minimum absolute atomic E-state index is 0.0158. The third-order valence-electron chi connectivity index (χ3n) is 8.83. The molecule has 224 valence electrons. The Morgan fingerprint density at radius 3 is 2.52 bits per heavy atom. The van der Waals surface area contributed by atoms with Crippen LogP contribution in [0.3, 0.4) is 0 Å². The van der Waals surface area contributed by atoms with Crippen LogP contribution >= 0.6 is 0 Å². The number of anilines is 1. The fourth-order valence-electron chi connectivity index (χ4n) is 6.88. The molecule has 1 aliphatic carbocycles. The smallest absolute Gasteiger partial charge is 0.389 e. The van der Waals surface area contributed by atoms with E-state index in [2.05, 4.69) is 10.2 Å². The highest BCUT2D eigenvalue weighted by Gasteiger charge is 2.57. The summed E-state index contributed by atoms with van der Waals surface area (Å²) in [5.41, 5.74) is -1.57. The predicted molar refractivity (Wildman–Crippen MR) is 144 cm³/mol. The van der Waals surface area contributed by atoms with Gasteiger partial charge in [0.1, 0.15) is 12.2 Å². The molecule has 42 heavy (non-hydrogen) atoms. The number of aliphatic hydroxyl groups is 1. The van der Waals surface area contributed by atoms with Crippen LogP contribution in [0.4, 0.5) is 27.6 Å². The second kappa shape index (κ2) is 9.84. The summed E-state index contributed by atoms with van der Waals surface area (Å²) >= 11 is 0. The number of carbonyl (C=O) groups is 1. The molecule has 1 aromatic heterocycles. The van der Waals surface area contributed by atoms with Crippen molar-refractivity contribution in [3.05, 3.63) is 76.4 Å². The number of fused-ring (bicyclic) bond motifs is 1. The van der Waals surface area contributed by atoms with Crippen molar-refractivity contribution >= 4 is 11.6 Å². The second-order valence-electron chi connectivity index (χ2n) is 12.4. The highest BCUT2D eigenvalue weighted by Crippen LogP contribution is 2.55. The van der Waals surface area contributed by atoms with Gasteiger partial charge in [0.25, 0.3) is 5.91 Å². The van der Waals surface area contributed by atoms with Crippen molar-refractivity contribution in [1.82, 2.24) is 19.7 Å². The van der Waals surface area contributed by atoms with Crippen molar-refractivity contribution in [2.75, 3.05) is 18.0 Å². The first-order valence-corrected chi connectivity index (χ1v) is 14.0. The number of aryl methyl sites for hydroxylation is 1. The quantitative estimate of drug-likeness (QED) is 0.398. The van der Waals surface area contributed by atoms with Gasteiger partial charge in [0.15, 0.2) is 0 Å². The minimum atomic E-state index is -4.68. The van der Waals surface area contributed by atoms with Gasteiger partial charge in [0.2, 0.25) is 5.92 Å². The van der Waals surface area contributed by atoms with E-state index < -0.39 is 47.4 Å². The number of alkyl halides is 5. The highest BCUT2D eigenvalue weighted by molar-refractivity contribution is 6.10. The van der Waals surface area contributed by atoms with Gasteiger partial charge in [-0.2, -0.15) is 13.2 Å². The Hall–Kier alpha value is -3.38. The van der Waals surface area contributed by atoms with E-state index >= 15 is 0 Å². The van der Waals surface area contributed by atoms with Gasteiger partial charge in [-0.1, -0.05) is 12.1 Å². The number of amides is 1. The van der Waals surface area contributed by atoms with Crippen LogP contribution in [0.25, 0.3) is 0 Å². The van der Waals surface area contributed by atoms with Crippen LogP contribution in [0.15, 0.2) is 42.7 Å². The SMILES string of the molecule is Cn1cnnc1CC1(c2cccc(N3Cc4c(cc(CN5CCC[C@](C)(O)C5)cc4C(F)(F)F)C3=O)c2)CC(F)(F)C1. The van der Waals surface area contributed by atoms with E-state index in [-0.39, 0.29) is 30.6 Å². The Morgan fingerprint density at radius 2 is 1.88 bits per heavy atom. The number of β-amino-alcohol motifs (C(OH)–C–C–N with tert-alkyl or cyclic N) is 1. The van der Waals surface area contributed by atoms with Crippen LogP contribution in [0, 0.1) is 0 Å². The lowest BCUT2D eigenvalue weighted by molar-refractivity contribution is -0.138. The number of carbonyl (C=O) groups excluding carboxylic acids is 1. The Bertz CT molecular complexity index is 1520. The predicted octanol–water partition coefficient (Wildman–Crippen LogP) is 5.25. The third-order valence-corrected chi connectivity index (χ3v) is 8.83. The number of piperidine rings is 1. The van der Waals surface area contributed by atoms with Crippen molar-refractivity contribution in [2.24, 2.45) is 7.05 Å². The lowest BCUT2D eigenvalue weighted by Crippen LogP contribution is -2.51. The Labute approximate surface area is 239 Å². The number of hydrogen-bond acceptors (Lipinski definition) is 5. The number of aromatic nitrogens is 3. The summed E-state index contributed by atoms with van der Waals surface area (Å²) in [5, 5.41) is 18.4. The van der Waals surface area contributed by atoms with E-state index in [0.717, 1.165) is 12.5 Å². The van der Waals surface area contributed by atoms with E-state index in [0.29, 0.717) is 42.1 Å². The lowest BCUT2D eigenvalue weighted by Gasteiger charge is -2.48. The molecule has 3 aliphatic rings. The maximum Gasteiger partial charge on any atom is 0.416 e. The minimum Gasteiger partial charge on any atom is -0.389 e. The van der Waals surface area contributed by atoms with Gasteiger partial charge >= 0.3 is 6.18 Å². The molecule has 1 saturated carbocycles. The summed E-state index contributed by atoms with van der Waals surface area (Å²) in [6, 6.07) is 9.23. The molecule has 7 nitrogen and oxygen atoms in total. The van der Waals surface area contributed by atoms with Crippen molar-refractivity contribution in [3.8, 4) is 0 Å². The number of halogens is 5. The molecule has 0 spiro atoms. The first kappa shape index (κ1) is 28.7. The van der Waals surface area contributed by atoms with Crippen LogP contribution in [0.5, 0.6) is 0 Å². The molecule has 1 saturated heterocycles. The lowest BCUT2D eigenvalue weighted by atomic mass is 9.60. The standard InChI is InChI=1S/C30H32F5N5O2/c1-27(42)7-4-8-39(17-27)13-19-9-22-23(24(10-19)30(33,34)35)14-40(26(22)41)21-6-3-5-20(11-21)28(15-29(31,32)16-28)12-25-37-36-18-38(25)2/h3,5-6,9-11,18,42H,4,7-8,12-17H2,1-2H3/t27-/m0/s1. The molecule has 0 unspecified atom stereocenters. The van der Waals surface area contributed by atoms with Crippen LogP contribution in [-0.2, 0) is 38.1 Å². The fraction of sp³-hybridized carbons (Fsp3) is 0.500. The zero-order valence-corrected chi connectivity index (χ0v) is 23.4. The maximum absolute atomic E-state index is 14.3. The Balaban J connectivity index is 1.32. The Kier molecular flexibility index (Phi) is 6.73. The first-order valence-electron chi connectivity index (χ1n) is 14.0. The van der Waals surface area contributed by atoms with Gasteiger partial charge in [-0.05, 0) is 67.3 Å². The first-order chi connectivity index (χ1) is 19.6. The number of likely N-dealkylation sites (tertiary alicyclic amines) is 1. The molecule has 1 amide bonds. The Morgan fingerprint density at radius 1 is 1.12 bits per heavy atom. The average molecular weight is 590 g/mol. The summed E-state index contributed by atoms with van der Waals surface area (Å²) < 4.78 is 73.0. The van der Waals surface area contributed by atoms with Gasteiger partial charge < -0.3 is 14.6 Å². The maximum atomic E-state index is 14.3. The number of benzene rings is 2. The number of hydrogen-bond donors (Lipinski definition) is 1. The summed E-state index contributed by atoms with van der Waals surface area (Å²) in [7, 11) is 1.73. The van der Waals surface area contributed by atoms with Crippen molar-refractivity contribution < 1.29 is 31.9 Å². The number of rotatable bonds is 6.